The Morgan fingerprint density at radius 1 is 1.04 bits per heavy atom. The standard InChI is InChI=1S/C17H25N5O4S2/c1-19(2)27(23,24)15-7-5-6-8-16(15)28(25,26)22-12-11-20(3)14(13-22)17-18-9-10-21(17)4/h5-10,14H,11-13H2,1-4H3. The summed E-state index contributed by atoms with van der Waals surface area (Å²) in [7, 11) is -1.36. The van der Waals surface area contributed by atoms with Crippen LogP contribution in [0.3, 0.4) is 0 Å². The maximum absolute atomic E-state index is 13.4. The number of nitrogens with zero attached hydrogens (tertiary/aromatic N) is 5. The molecule has 2 aromatic rings. The third kappa shape index (κ3) is 3.60. The molecule has 1 aromatic heterocycles. The van der Waals surface area contributed by atoms with Crippen LogP contribution in [0.15, 0.2) is 46.5 Å². The molecule has 154 valence electrons. The van der Waals surface area contributed by atoms with Gasteiger partial charge in [-0.15, -0.1) is 0 Å². The van der Waals surface area contributed by atoms with E-state index in [1.807, 2.05) is 24.9 Å². The molecule has 1 aliphatic rings. The van der Waals surface area contributed by atoms with Crippen LogP contribution in [0.25, 0.3) is 0 Å². The molecule has 9 nitrogen and oxygen atoms in total. The summed E-state index contributed by atoms with van der Waals surface area (Å²) in [5.74, 6) is 0.761. The molecule has 1 saturated heterocycles. The number of aromatic nitrogens is 2. The fourth-order valence-corrected chi connectivity index (χ4v) is 6.36. The van der Waals surface area contributed by atoms with Crippen LogP contribution in [0.2, 0.25) is 0 Å². The van der Waals surface area contributed by atoms with Gasteiger partial charge >= 0.3 is 0 Å². The summed E-state index contributed by atoms with van der Waals surface area (Å²) in [6.45, 7) is 0.982. The molecule has 1 aromatic carbocycles. The van der Waals surface area contributed by atoms with E-state index in [9.17, 15) is 16.8 Å². The fraction of sp³-hybridized carbons (Fsp3) is 0.471. The molecule has 0 amide bonds. The highest BCUT2D eigenvalue weighted by atomic mass is 32.2. The number of aryl methyl sites for hydroxylation is 1. The van der Waals surface area contributed by atoms with Crippen molar-refractivity contribution in [2.24, 2.45) is 7.05 Å². The summed E-state index contributed by atoms with van der Waals surface area (Å²) in [4.78, 5) is 5.99. The van der Waals surface area contributed by atoms with Crippen molar-refractivity contribution in [3.05, 3.63) is 42.5 Å². The van der Waals surface area contributed by atoms with Crippen molar-refractivity contribution in [1.29, 1.82) is 0 Å². The number of imidazole rings is 1. The lowest BCUT2D eigenvalue weighted by molar-refractivity contribution is 0.139. The van der Waals surface area contributed by atoms with Crippen molar-refractivity contribution in [1.82, 2.24) is 23.1 Å². The first kappa shape index (κ1) is 20.9. The predicted molar refractivity (Wildman–Crippen MR) is 105 cm³/mol. The molecule has 3 rings (SSSR count). The minimum Gasteiger partial charge on any atom is -0.337 e. The lowest BCUT2D eigenvalue weighted by atomic mass is 10.2. The number of sulfonamides is 2. The van der Waals surface area contributed by atoms with Crippen LogP contribution in [0, 0.1) is 0 Å². The van der Waals surface area contributed by atoms with E-state index in [0.29, 0.717) is 6.54 Å². The third-order valence-electron chi connectivity index (χ3n) is 4.99. The van der Waals surface area contributed by atoms with Gasteiger partial charge in [0.2, 0.25) is 20.0 Å². The molecule has 0 aliphatic carbocycles. The second-order valence-corrected chi connectivity index (χ2v) is 11.0. The van der Waals surface area contributed by atoms with Crippen LogP contribution in [-0.4, -0.2) is 80.7 Å². The zero-order chi connectivity index (χ0) is 20.7. The van der Waals surface area contributed by atoms with Gasteiger partial charge in [-0.05, 0) is 19.2 Å². The molecule has 1 unspecified atom stereocenters. The summed E-state index contributed by atoms with van der Waals surface area (Å²) >= 11 is 0. The number of hydrogen-bond acceptors (Lipinski definition) is 6. The first-order valence-corrected chi connectivity index (χ1v) is 11.6. The van der Waals surface area contributed by atoms with Crippen LogP contribution in [0.1, 0.15) is 11.9 Å². The Labute approximate surface area is 166 Å². The van der Waals surface area contributed by atoms with Gasteiger partial charge in [0, 0.05) is 53.2 Å². The second-order valence-electron chi connectivity index (χ2n) is 6.99. The normalized spacial score (nSPS) is 20.0. The van der Waals surface area contributed by atoms with E-state index >= 15 is 0 Å². The van der Waals surface area contributed by atoms with E-state index in [1.165, 1.54) is 42.7 Å². The molecular formula is C17H25N5O4S2. The number of hydrogen-bond donors (Lipinski definition) is 0. The van der Waals surface area contributed by atoms with Crippen molar-refractivity contribution < 1.29 is 16.8 Å². The van der Waals surface area contributed by atoms with E-state index in [4.69, 9.17) is 0 Å². The smallest absolute Gasteiger partial charge is 0.244 e. The van der Waals surface area contributed by atoms with Gasteiger partial charge in [-0.2, -0.15) is 4.31 Å². The van der Waals surface area contributed by atoms with Gasteiger partial charge in [-0.3, -0.25) is 4.90 Å². The highest BCUT2D eigenvalue weighted by Crippen LogP contribution is 2.30. The highest BCUT2D eigenvalue weighted by Gasteiger charge is 2.37. The molecule has 0 spiro atoms. The van der Waals surface area contributed by atoms with Crippen LogP contribution in [0.5, 0.6) is 0 Å². The SMILES string of the molecule is CN1CCN(S(=O)(=O)c2ccccc2S(=O)(=O)N(C)C)CC1c1nccn1C. The molecule has 1 atom stereocenters. The zero-order valence-corrected chi connectivity index (χ0v) is 18.0. The lowest BCUT2D eigenvalue weighted by Crippen LogP contribution is -2.49. The van der Waals surface area contributed by atoms with Crippen LogP contribution < -0.4 is 0 Å². The van der Waals surface area contributed by atoms with E-state index in [2.05, 4.69) is 9.88 Å². The van der Waals surface area contributed by atoms with E-state index < -0.39 is 20.0 Å². The Balaban J connectivity index is 2.02. The molecule has 0 radical (unpaired) electrons. The Hall–Kier alpha value is -1.79. The van der Waals surface area contributed by atoms with E-state index in [-0.39, 0.29) is 28.9 Å². The monoisotopic (exact) mass is 427 g/mol. The maximum Gasteiger partial charge on any atom is 0.244 e. The Kier molecular flexibility index (Phi) is 5.65. The summed E-state index contributed by atoms with van der Waals surface area (Å²) in [5.41, 5.74) is 0. The van der Waals surface area contributed by atoms with Crippen LogP contribution >= 0.6 is 0 Å². The molecule has 2 heterocycles. The molecule has 0 bridgehead atoms. The topological polar surface area (TPSA) is 95.8 Å². The summed E-state index contributed by atoms with van der Waals surface area (Å²) < 4.78 is 56.3. The quantitative estimate of drug-likeness (QED) is 0.683. The average Bonchev–Trinajstić information content (AvgIpc) is 3.07. The average molecular weight is 428 g/mol. The minimum atomic E-state index is -4.01. The van der Waals surface area contributed by atoms with Gasteiger partial charge in [0.1, 0.15) is 15.6 Å². The number of piperazine rings is 1. The predicted octanol–water partition coefficient (Wildman–Crippen LogP) is 0.348. The molecule has 1 aliphatic heterocycles. The van der Waals surface area contributed by atoms with Crippen molar-refractivity contribution in [3.8, 4) is 0 Å². The van der Waals surface area contributed by atoms with Gasteiger partial charge in [-0.25, -0.2) is 26.1 Å². The van der Waals surface area contributed by atoms with Crippen molar-refractivity contribution >= 4 is 20.0 Å². The van der Waals surface area contributed by atoms with Gasteiger partial charge in [-0.1, -0.05) is 12.1 Å². The first-order valence-electron chi connectivity index (χ1n) is 8.76. The van der Waals surface area contributed by atoms with Crippen molar-refractivity contribution in [2.75, 3.05) is 40.8 Å². The first-order chi connectivity index (χ1) is 13.1. The number of benzene rings is 1. The third-order valence-corrected chi connectivity index (χ3v) is 8.92. The summed E-state index contributed by atoms with van der Waals surface area (Å²) in [6, 6.07) is 5.51. The fourth-order valence-electron chi connectivity index (χ4n) is 3.26. The molecule has 0 N–H and O–H groups in total. The molecule has 11 heteroatoms. The van der Waals surface area contributed by atoms with E-state index in [1.54, 1.807) is 6.20 Å². The van der Waals surface area contributed by atoms with Crippen LogP contribution in [0.4, 0.5) is 0 Å². The largest absolute Gasteiger partial charge is 0.337 e. The molecular weight excluding hydrogens is 402 g/mol. The summed E-state index contributed by atoms with van der Waals surface area (Å²) in [6.07, 6.45) is 3.49. The van der Waals surface area contributed by atoms with Gasteiger partial charge in [0.25, 0.3) is 0 Å². The van der Waals surface area contributed by atoms with Crippen molar-refractivity contribution in [3.63, 3.8) is 0 Å². The molecule has 0 saturated carbocycles. The van der Waals surface area contributed by atoms with Crippen molar-refractivity contribution in [2.45, 2.75) is 15.8 Å². The lowest BCUT2D eigenvalue weighted by Gasteiger charge is -2.38. The van der Waals surface area contributed by atoms with Crippen LogP contribution in [-0.2, 0) is 27.1 Å². The van der Waals surface area contributed by atoms with Gasteiger partial charge in [0.05, 0.1) is 6.04 Å². The van der Waals surface area contributed by atoms with E-state index in [0.717, 1.165) is 10.1 Å². The highest BCUT2D eigenvalue weighted by molar-refractivity contribution is 7.92. The summed E-state index contributed by atoms with van der Waals surface area (Å²) in [5, 5.41) is 0. The Morgan fingerprint density at radius 2 is 1.68 bits per heavy atom. The van der Waals surface area contributed by atoms with Gasteiger partial charge < -0.3 is 4.57 Å². The number of likely N-dealkylation sites (N-methyl/N-ethyl adjacent to an activating group) is 1. The molecule has 1 fully saturated rings. The van der Waals surface area contributed by atoms with Gasteiger partial charge in [0.15, 0.2) is 0 Å². The number of rotatable bonds is 5. The Morgan fingerprint density at radius 3 is 2.25 bits per heavy atom. The molecule has 28 heavy (non-hydrogen) atoms. The Bertz CT molecular complexity index is 1060. The second kappa shape index (κ2) is 7.56. The minimum absolute atomic E-state index is 0.194. The zero-order valence-electron chi connectivity index (χ0n) is 16.3. The maximum atomic E-state index is 13.4.